The minimum atomic E-state index is -0.609. The van der Waals surface area contributed by atoms with Crippen LogP contribution in [0.1, 0.15) is 67.8 Å². The summed E-state index contributed by atoms with van der Waals surface area (Å²) in [5.74, 6) is 0.296. The van der Waals surface area contributed by atoms with Gasteiger partial charge in [-0.15, -0.1) is 0 Å². The average molecular weight is 414 g/mol. The van der Waals surface area contributed by atoms with Crippen LogP contribution in [0.4, 0.5) is 0 Å². The van der Waals surface area contributed by atoms with E-state index in [1.54, 1.807) is 6.07 Å². The Kier molecular flexibility index (Phi) is 7.26. The van der Waals surface area contributed by atoms with Crippen LogP contribution in [0.5, 0.6) is 0 Å². The molecule has 1 aromatic heterocycles. The zero-order valence-electron chi connectivity index (χ0n) is 17.7. The Hall–Kier alpha value is -2.67. The molecule has 1 fully saturated rings. The van der Waals surface area contributed by atoms with Gasteiger partial charge in [0.25, 0.3) is 5.91 Å². The molecule has 0 aliphatic heterocycles. The number of carbonyl (C=O) groups is 2. The molecule has 7 nitrogen and oxygen atoms in total. The average Bonchev–Trinajstić information content (AvgIpc) is 3.15. The maximum Gasteiger partial charge on any atom is 0.273 e. The number of hydrogen-bond donors (Lipinski definition) is 3. The van der Waals surface area contributed by atoms with E-state index in [4.69, 9.17) is 4.52 Å². The standard InChI is InChI=1S/C23H31N3O4/c1-3-7-18-14-20(26-30-18)22(29)24-15-23(17-8-5-4-6-9-17)12-10-19(25-16(2)27)21(28)11-13-23/h4-6,8-9,14,19,21,28H,3,7,10-13,15H2,1-2H3,(H,24,29)(H,25,27)/t19-,21-,23-/m0/s1. The largest absolute Gasteiger partial charge is 0.391 e. The van der Waals surface area contributed by atoms with Crippen LogP contribution in [0.3, 0.4) is 0 Å². The van der Waals surface area contributed by atoms with Gasteiger partial charge in [-0.25, -0.2) is 0 Å². The van der Waals surface area contributed by atoms with Gasteiger partial charge in [0.1, 0.15) is 5.76 Å². The summed E-state index contributed by atoms with van der Waals surface area (Å²) in [6.07, 6.45) is 3.67. The van der Waals surface area contributed by atoms with Crippen molar-refractivity contribution in [1.29, 1.82) is 0 Å². The summed E-state index contributed by atoms with van der Waals surface area (Å²) in [5.41, 5.74) is 1.07. The molecular weight excluding hydrogens is 382 g/mol. The first-order valence-electron chi connectivity index (χ1n) is 10.7. The van der Waals surface area contributed by atoms with Crippen LogP contribution in [0.15, 0.2) is 40.9 Å². The third-order valence-electron chi connectivity index (χ3n) is 5.97. The van der Waals surface area contributed by atoms with Crippen molar-refractivity contribution in [2.45, 2.75) is 69.9 Å². The van der Waals surface area contributed by atoms with Gasteiger partial charge in [0, 0.05) is 31.4 Å². The molecule has 1 heterocycles. The van der Waals surface area contributed by atoms with Crippen LogP contribution in [0.25, 0.3) is 0 Å². The first kappa shape index (κ1) is 22.0. The number of amides is 2. The van der Waals surface area contributed by atoms with Gasteiger partial charge < -0.3 is 20.3 Å². The van der Waals surface area contributed by atoms with Crippen molar-refractivity contribution in [3.63, 3.8) is 0 Å². The molecule has 1 aromatic carbocycles. The number of aryl methyl sites for hydroxylation is 1. The second-order valence-electron chi connectivity index (χ2n) is 8.21. The SMILES string of the molecule is CCCc1cc(C(=O)NC[C@]2(c3ccccc3)CC[C@H](NC(C)=O)[C@@H](O)CC2)no1. The van der Waals surface area contributed by atoms with E-state index in [2.05, 4.69) is 27.9 Å². The molecule has 3 atom stereocenters. The molecule has 1 saturated carbocycles. The minimum absolute atomic E-state index is 0.145. The summed E-state index contributed by atoms with van der Waals surface area (Å²) in [6.45, 7) is 3.93. The molecule has 0 saturated heterocycles. The van der Waals surface area contributed by atoms with Gasteiger partial charge >= 0.3 is 0 Å². The summed E-state index contributed by atoms with van der Waals surface area (Å²) < 4.78 is 5.23. The van der Waals surface area contributed by atoms with Crippen LogP contribution in [-0.2, 0) is 16.6 Å². The molecule has 30 heavy (non-hydrogen) atoms. The molecule has 0 unspecified atom stereocenters. The van der Waals surface area contributed by atoms with Gasteiger partial charge in [0.05, 0.1) is 12.1 Å². The van der Waals surface area contributed by atoms with E-state index in [1.165, 1.54) is 6.92 Å². The molecule has 0 spiro atoms. The van der Waals surface area contributed by atoms with Crippen LogP contribution in [0.2, 0.25) is 0 Å². The molecule has 0 bridgehead atoms. The summed E-state index contributed by atoms with van der Waals surface area (Å²) in [6, 6.07) is 11.5. The number of nitrogens with zero attached hydrogens (tertiary/aromatic N) is 1. The fraction of sp³-hybridized carbons (Fsp3) is 0.522. The third-order valence-corrected chi connectivity index (χ3v) is 5.97. The van der Waals surface area contributed by atoms with Crippen LogP contribution in [-0.4, -0.2) is 40.8 Å². The molecular formula is C23H31N3O4. The molecule has 3 rings (SSSR count). The Morgan fingerprint density at radius 3 is 2.67 bits per heavy atom. The van der Waals surface area contributed by atoms with E-state index < -0.39 is 6.10 Å². The summed E-state index contributed by atoms with van der Waals surface area (Å²) >= 11 is 0. The molecule has 2 aromatic rings. The number of carbonyl (C=O) groups excluding carboxylic acids is 2. The Morgan fingerprint density at radius 2 is 1.97 bits per heavy atom. The lowest BCUT2D eigenvalue weighted by atomic mass is 9.74. The molecule has 162 valence electrons. The number of hydrogen-bond acceptors (Lipinski definition) is 5. The summed E-state index contributed by atoms with van der Waals surface area (Å²) in [5, 5.41) is 20.4. The van der Waals surface area contributed by atoms with E-state index in [9.17, 15) is 14.7 Å². The smallest absolute Gasteiger partial charge is 0.273 e. The Morgan fingerprint density at radius 1 is 1.23 bits per heavy atom. The fourth-order valence-electron chi connectivity index (χ4n) is 4.29. The van der Waals surface area contributed by atoms with Gasteiger partial charge in [-0.3, -0.25) is 9.59 Å². The summed E-state index contributed by atoms with van der Waals surface area (Å²) in [4.78, 5) is 24.2. The normalized spacial score (nSPS) is 24.1. The first-order chi connectivity index (χ1) is 14.4. The number of benzene rings is 1. The molecule has 3 N–H and O–H groups in total. The third kappa shape index (κ3) is 5.27. The van der Waals surface area contributed by atoms with Crippen molar-refractivity contribution >= 4 is 11.8 Å². The quantitative estimate of drug-likeness (QED) is 0.606. The highest BCUT2D eigenvalue weighted by molar-refractivity contribution is 5.92. The van der Waals surface area contributed by atoms with Gasteiger partial charge in [-0.2, -0.15) is 0 Å². The van der Waals surface area contributed by atoms with Crippen molar-refractivity contribution in [3.05, 3.63) is 53.4 Å². The maximum absolute atomic E-state index is 12.7. The van der Waals surface area contributed by atoms with E-state index in [0.717, 1.165) is 24.8 Å². The number of nitrogens with one attached hydrogen (secondary N) is 2. The topological polar surface area (TPSA) is 104 Å². The second-order valence-corrected chi connectivity index (χ2v) is 8.21. The number of aliphatic hydroxyl groups is 1. The highest BCUT2D eigenvalue weighted by Crippen LogP contribution is 2.38. The highest BCUT2D eigenvalue weighted by atomic mass is 16.5. The predicted octanol–water partition coefficient (Wildman–Crippen LogP) is 2.73. The highest BCUT2D eigenvalue weighted by Gasteiger charge is 2.38. The zero-order chi connectivity index (χ0) is 21.6. The van der Waals surface area contributed by atoms with Gasteiger partial charge in [0.2, 0.25) is 5.91 Å². The van der Waals surface area contributed by atoms with E-state index in [0.29, 0.717) is 31.6 Å². The van der Waals surface area contributed by atoms with Crippen molar-refractivity contribution in [3.8, 4) is 0 Å². The molecule has 2 amide bonds. The van der Waals surface area contributed by atoms with Crippen molar-refractivity contribution in [2.24, 2.45) is 0 Å². The Balaban J connectivity index is 1.77. The van der Waals surface area contributed by atoms with Crippen molar-refractivity contribution < 1.29 is 19.2 Å². The predicted molar refractivity (Wildman–Crippen MR) is 113 cm³/mol. The van der Waals surface area contributed by atoms with Crippen LogP contribution >= 0.6 is 0 Å². The second kappa shape index (κ2) is 9.89. The van der Waals surface area contributed by atoms with Gasteiger partial charge in [-0.05, 0) is 37.7 Å². The molecule has 1 aliphatic carbocycles. The Labute approximate surface area is 177 Å². The number of aliphatic hydroxyl groups excluding tert-OH is 1. The number of rotatable bonds is 7. The fourth-order valence-corrected chi connectivity index (χ4v) is 4.29. The Bertz CT molecular complexity index is 851. The van der Waals surface area contributed by atoms with E-state index >= 15 is 0 Å². The van der Waals surface area contributed by atoms with Crippen LogP contribution in [0, 0.1) is 0 Å². The number of aromatic nitrogens is 1. The minimum Gasteiger partial charge on any atom is -0.391 e. The van der Waals surface area contributed by atoms with Gasteiger partial charge in [0.15, 0.2) is 5.69 Å². The van der Waals surface area contributed by atoms with E-state index in [1.807, 2.05) is 25.1 Å². The van der Waals surface area contributed by atoms with Gasteiger partial charge in [-0.1, -0.05) is 42.4 Å². The molecule has 7 heteroatoms. The summed E-state index contributed by atoms with van der Waals surface area (Å²) in [7, 11) is 0. The molecule has 1 aliphatic rings. The molecule has 0 radical (unpaired) electrons. The van der Waals surface area contributed by atoms with E-state index in [-0.39, 0.29) is 29.0 Å². The maximum atomic E-state index is 12.7. The first-order valence-corrected chi connectivity index (χ1v) is 10.7. The van der Waals surface area contributed by atoms with Crippen molar-refractivity contribution in [1.82, 2.24) is 15.8 Å². The zero-order valence-corrected chi connectivity index (χ0v) is 17.7. The lowest BCUT2D eigenvalue weighted by Crippen LogP contribution is -2.42. The van der Waals surface area contributed by atoms with Crippen molar-refractivity contribution in [2.75, 3.05) is 6.54 Å². The lowest BCUT2D eigenvalue weighted by molar-refractivity contribution is -0.120. The van der Waals surface area contributed by atoms with Crippen LogP contribution < -0.4 is 10.6 Å². The lowest BCUT2D eigenvalue weighted by Gasteiger charge is -2.34. The monoisotopic (exact) mass is 413 g/mol.